The number of alkyl halides is 6. The lowest BCUT2D eigenvalue weighted by Gasteiger charge is -2.18. The van der Waals surface area contributed by atoms with Gasteiger partial charge in [0.25, 0.3) is 0 Å². The third-order valence-electron chi connectivity index (χ3n) is 3.46. The van der Waals surface area contributed by atoms with E-state index in [9.17, 15) is 31.1 Å². The molecule has 5 nitrogen and oxygen atoms in total. The standard InChI is InChI=1S/C14H10F6N4O/c1-24-10(5-11(23-24)14(18,19)20)12(25)22-8-3-2-7(6-21)9(4-8)13(15,16)17/h2-4,10H,5H2,1H3,(H,22,25). The number of carbonyl (C=O) groups excluding carboxylic acids is 1. The first-order valence-electron chi connectivity index (χ1n) is 6.73. The van der Waals surface area contributed by atoms with Crippen LogP contribution in [0, 0.1) is 11.3 Å². The van der Waals surface area contributed by atoms with Gasteiger partial charge in [0, 0.05) is 19.2 Å². The van der Waals surface area contributed by atoms with Crippen molar-refractivity contribution < 1.29 is 31.1 Å². The predicted octanol–water partition coefficient (Wildman–Crippen LogP) is 3.14. The molecule has 0 fully saturated rings. The van der Waals surface area contributed by atoms with Crippen molar-refractivity contribution in [3.05, 3.63) is 29.3 Å². The fourth-order valence-corrected chi connectivity index (χ4v) is 2.23. The summed E-state index contributed by atoms with van der Waals surface area (Å²) in [7, 11) is 1.16. The minimum Gasteiger partial charge on any atom is -0.324 e. The quantitative estimate of drug-likeness (QED) is 0.820. The van der Waals surface area contributed by atoms with Gasteiger partial charge in [0.15, 0.2) is 0 Å². The molecule has 134 valence electrons. The Balaban J connectivity index is 2.19. The van der Waals surface area contributed by atoms with Crippen LogP contribution in [0.15, 0.2) is 23.3 Å². The maximum atomic E-state index is 12.9. The van der Waals surface area contributed by atoms with Crippen molar-refractivity contribution in [3.8, 4) is 6.07 Å². The van der Waals surface area contributed by atoms with E-state index < -0.39 is 47.6 Å². The molecular weight excluding hydrogens is 354 g/mol. The van der Waals surface area contributed by atoms with Crippen LogP contribution >= 0.6 is 0 Å². The molecule has 1 amide bonds. The number of nitrogens with zero attached hydrogens (tertiary/aromatic N) is 3. The van der Waals surface area contributed by atoms with Crippen LogP contribution in [0.2, 0.25) is 0 Å². The molecule has 1 heterocycles. The van der Waals surface area contributed by atoms with E-state index in [0.29, 0.717) is 6.07 Å². The largest absolute Gasteiger partial charge is 0.431 e. The molecule has 0 saturated heterocycles. The Morgan fingerprint density at radius 2 is 1.92 bits per heavy atom. The van der Waals surface area contributed by atoms with Crippen LogP contribution in [0.4, 0.5) is 32.0 Å². The fourth-order valence-electron chi connectivity index (χ4n) is 2.23. The van der Waals surface area contributed by atoms with Crippen LogP contribution in [0.25, 0.3) is 0 Å². The lowest BCUT2D eigenvalue weighted by molar-refractivity contribution is -0.137. The van der Waals surface area contributed by atoms with E-state index in [4.69, 9.17) is 5.26 Å². The van der Waals surface area contributed by atoms with E-state index in [0.717, 1.165) is 24.2 Å². The summed E-state index contributed by atoms with van der Waals surface area (Å²) < 4.78 is 76.5. The van der Waals surface area contributed by atoms with Gasteiger partial charge in [-0.25, -0.2) is 0 Å². The Hall–Kier alpha value is -2.77. The van der Waals surface area contributed by atoms with Crippen LogP contribution in [0.3, 0.4) is 0 Å². The Labute approximate surface area is 137 Å². The minimum atomic E-state index is -4.82. The van der Waals surface area contributed by atoms with E-state index in [1.807, 2.05) is 0 Å². The number of hydrazone groups is 1. The number of anilines is 1. The van der Waals surface area contributed by atoms with E-state index in [2.05, 4.69) is 10.4 Å². The summed E-state index contributed by atoms with van der Waals surface area (Å²) in [6.45, 7) is 0. The van der Waals surface area contributed by atoms with Crippen molar-refractivity contribution in [2.24, 2.45) is 5.10 Å². The van der Waals surface area contributed by atoms with E-state index in [1.54, 1.807) is 0 Å². The first-order valence-corrected chi connectivity index (χ1v) is 6.73. The summed E-state index contributed by atoms with van der Waals surface area (Å²) in [5.74, 6) is -0.941. The maximum absolute atomic E-state index is 12.9. The summed E-state index contributed by atoms with van der Waals surface area (Å²) in [6.07, 6.45) is -10.2. The molecule has 0 aromatic heterocycles. The minimum absolute atomic E-state index is 0.287. The van der Waals surface area contributed by atoms with Crippen LogP contribution in [0.1, 0.15) is 17.5 Å². The Morgan fingerprint density at radius 3 is 2.40 bits per heavy atom. The zero-order valence-electron chi connectivity index (χ0n) is 12.5. The van der Waals surface area contributed by atoms with Gasteiger partial charge in [-0.3, -0.25) is 9.80 Å². The van der Waals surface area contributed by atoms with Crippen LogP contribution in [0.5, 0.6) is 0 Å². The van der Waals surface area contributed by atoms with E-state index in [-0.39, 0.29) is 5.69 Å². The molecular formula is C14H10F6N4O. The average molecular weight is 364 g/mol. The third kappa shape index (κ3) is 4.01. The molecule has 0 bridgehead atoms. The molecule has 1 aromatic carbocycles. The highest BCUT2D eigenvalue weighted by atomic mass is 19.4. The number of hydrogen-bond acceptors (Lipinski definition) is 4. The highest BCUT2D eigenvalue weighted by Crippen LogP contribution is 2.34. The number of carbonyl (C=O) groups is 1. The zero-order valence-corrected chi connectivity index (χ0v) is 12.5. The highest BCUT2D eigenvalue weighted by molar-refractivity contribution is 6.01. The van der Waals surface area contributed by atoms with Crippen LogP contribution < -0.4 is 5.32 Å². The number of nitrogens with one attached hydrogen (secondary N) is 1. The first kappa shape index (κ1) is 18.6. The normalized spacial score (nSPS) is 17.9. The molecule has 1 aliphatic rings. The molecule has 0 aliphatic carbocycles. The molecule has 1 aromatic rings. The second-order valence-corrected chi connectivity index (χ2v) is 5.20. The van der Waals surface area contributed by atoms with Crippen molar-refractivity contribution in [3.63, 3.8) is 0 Å². The molecule has 11 heteroatoms. The molecule has 1 unspecified atom stereocenters. The maximum Gasteiger partial charge on any atom is 0.431 e. The SMILES string of the molecule is CN1N=C(C(F)(F)F)CC1C(=O)Nc1ccc(C#N)c(C(F)(F)F)c1. The predicted molar refractivity (Wildman–Crippen MR) is 74.4 cm³/mol. The van der Waals surface area contributed by atoms with Gasteiger partial charge in [0.1, 0.15) is 11.8 Å². The number of rotatable bonds is 2. The molecule has 2 rings (SSSR count). The molecule has 1 N–H and O–H groups in total. The van der Waals surface area contributed by atoms with Gasteiger partial charge in [-0.05, 0) is 18.2 Å². The molecule has 0 spiro atoms. The zero-order chi connectivity index (χ0) is 19.0. The van der Waals surface area contributed by atoms with Crippen molar-refractivity contribution >= 4 is 17.3 Å². The number of benzene rings is 1. The molecule has 1 aliphatic heterocycles. The average Bonchev–Trinajstić information content (AvgIpc) is 2.88. The van der Waals surface area contributed by atoms with Gasteiger partial charge in [-0.15, -0.1) is 0 Å². The number of amides is 1. The van der Waals surface area contributed by atoms with E-state index in [1.165, 1.54) is 6.07 Å². The fraction of sp³-hybridized carbons (Fsp3) is 0.357. The molecule has 0 saturated carbocycles. The van der Waals surface area contributed by atoms with Gasteiger partial charge in [0.05, 0.1) is 17.2 Å². The summed E-state index contributed by atoms with van der Waals surface area (Å²) in [4.78, 5) is 12.1. The number of halogens is 6. The topological polar surface area (TPSA) is 68.5 Å². The van der Waals surface area contributed by atoms with Crippen LogP contribution in [-0.2, 0) is 11.0 Å². The highest BCUT2D eigenvalue weighted by Gasteiger charge is 2.44. The number of nitriles is 1. The van der Waals surface area contributed by atoms with Crippen LogP contribution in [-0.4, -0.2) is 35.9 Å². The number of likely N-dealkylation sites (N-methyl/N-ethyl adjacent to an activating group) is 1. The Bertz CT molecular complexity index is 762. The van der Waals surface area contributed by atoms with Gasteiger partial charge < -0.3 is 5.32 Å². The summed E-state index contributed by atoms with van der Waals surface area (Å²) in [5, 5.41) is 14.8. The molecule has 25 heavy (non-hydrogen) atoms. The third-order valence-corrected chi connectivity index (χ3v) is 3.46. The van der Waals surface area contributed by atoms with Gasteiger partial charge in [0.2, 0.25) is 5.91 Å². The first-order chi connectivity index (χ1) is 11.4. The lowest BCUT2D eigenvalue weighted by atomic mass is 10.1. The summed E-state index contributed by atoms with van der Waals surface area (Å²) in [6, 6.07) is 2.56. The Morgan fingerprint density at radius 1 is 1.28 bits per heavy atom. The molecule has 1 atom stereocenters. The van der Waals surface area contributed by atoms with E-state index >= 15 is 0 Å². The van der Waals surface area contributed by atoms with Crippen molar-refractivity contribution in [2.75, 3.05) is 12.4 Å². The second kappa shape index (κ2) is 6.27. The van der Waals surface area contributed by atoms with Gasteiger partial charge in [-0.1, -0.05) is 0 Å². The monoisotopic (exact) mass is 364 g/mol. The second-order valence-electron chi connectivity index (χ2n) is 5.20. The van der Waals surface area contributed by atoms with Gasteiger partial charge in [-0.2, -0.15) is 36.7 Å². The molecule has 0 radical (unpaired) electrons. The summed E-state index contributed by atoms with van der Waals surface area (Å²) >= 11 is 0. The Kier molecular flexibility index (Phi) is 4.66. The van der Waals surface area contributed by atoms with Crippen molar-refractivity contribution in [1.29, 1.82) is 5.26 Å². The van der Waals surface area contributed by atoms with Gasteiger partial charge >= 0.3 is 12.4 Å². The van der Waals surface area contributed by atoms with Crippen molar-refractivity contribution in [2.45, 2.75) is 24.8 Å². The summed E-state index contributed by atoms with van der Waals surface area (Å²) in [5.41, 5.74) is -3.32. The van der Waals surface area contributed by atoms with Crippen molar-refractivity contribution in [1.82, 2.24) is 5.01 Å². The lowest BCUT2D eigenvalue weighted by Crippen LogP contribution is -2.37. The smallest absolute Gasteiger partial charge is 0.324 e. The number of hydrogen-bond donors (Lipinski definition) is 1.